The zero-order valence-corrected chi connectivity index (χ0v) is 77.2. The van der Waals surface area contributed by atoms with Crippen LogP contribution < -0.4 is 70.5 Å². The number of anilines is 3. The maximum absolute atomic E-state index is 11.3. The molecule has 662 valence electrons. The van der Waals surface area contributed by atoms with E-state index in [0.29, 0.717) is 44.4 Å². The Labute approximate surface area is 696 Å². The molecule has 34 nitrogen and oxygen atoms in total. The van der Waals surface area contributed by atoms with Crippen molar-refractivity contribution in [3.05, 3.63) is 48.5 Å². The van der Waals surface area contributed by atoms with Crippen molar-refractivity contribution >= 4 is 151 Å². The number of aliphatic hydroxyl groups excluding tert-OH is 1. The second-order valence-corrected chi connectivity index (χ2v) is 31.9. The molecule has 0 spiro atoms. The summed E-state index contributed by atoms with van der Waals surface area (Å²) in [5.74, 6) is 2.80. The molecule has 2 aromatic rings. The van der Waals surface area contributed by atoms with Gasteiger partial charge in [-0.1, -0.05) is 181 Å². The number of thiol groups is 1. The third kappa shape index (κ3) is 125. The minimum Gasteiger partial charge on any atom is -0.506 e. The van der Waals surface area contributed by atoms with Gasteiger partial charge in [-0.3, -0.25) is 78.6 Å². The van der Waals surface area contributed by atoms with Crippen LogP contribution in [-0.4, -0.2) is 189 Å². The third-order valence-electron chi connectivity index (χ3n) is 9.66. The minimum absolute atomic E-state index is 0.0158. The number of likely N-dealkylation sites (N-methyl/N-ethyl adjacent to an activating group) is 1. The number of carboxylic acids is 1. The molecule has 0 aliphatic carbocycles. The van der Waals surface area contributed by atoms with E-state index in [-0.39, 0.29) is 135 Å². The SMILES string of the molecule is CC(=O)SC(C)C.CC(=O)SCC(=O)NC(C)C.CC(C)C.CC(C)C(=O)NO.CC(C)C(=O)Nc1ccccc1N.CC(C)C(=O)Nc1ccccc1O.CC(C)C(=O)O.CC(C)N(O)C=O.CC(C)NC(=O)CBr.CC(C)NC(=O)CO.CC(C)NC(=O)NN.CC(C)NC(=O)NO.CC(C)S.CNC(=O)C(=O)C(C)C. The third-order valence-corrected chi connectivity index (χ3v) is 11.8. The van der Waals surface area contributed by atoms with Gasteiger partial charge in [0.1, 0.15) is 12.4 Å². The minimum atomic E-state index is -0.741. The van der Waals surface area contributed by atoms with Gasteiger partial charge in [-0.05, 0) is 119 Å². The molecule has 0 heterocycles. The van der Waals surface area contributed by atoms with Crippen molar-refractivity contribution in [2.45, 2.75) is 261 Å². The van der Waals surface area contributed by atoms with Crippen LogP contribution in [0.15, 0.2) is 48.5 Å². The Morgan fingerprint density at radius 3 is 1.05 bits per heavy atom. The average Bonchev–Trinajstić information content (AvgIpc) is 0.915. The first-order valence-corrected chi connectivity index (χ1v) is 39.7. The van der Waals surface area contributed by atoms with Crippen LogP contribution in [-0.2, 0) is 57.5 Å². The standard InChI is InChI=1S/C10H14N2O.C10H13NO2.C7H13NO2S.C6H11NO2.C5H10BrNO.C5H11NO2.C5H10OS.C4H11N3O.C4H10N2O2.2C4H9NO2.C4H8O2.C4H10.C3H8S/c1-7(2)10(13)12-9-6-4-3-5-8(9)11;1-7(2)10(13)11-8-5-3-4-6-9(8)12;1-5(2)8-7(10)4-11-6(3)9;1-4(2)5(8)6(9)7-3;1-4(2)7-5(8)3-6;1-4(2)6-5(8)3-7;1-4(2)7-5(3)6;1-3(2)6-4(8)7-5;1-3(2)5-4(7)6-8;1-4(2)5(7)3-6;1-3(2)4(6)5-7;1-3(2)4(5)6;1-4(2)3;1-3(2)4/h3-7H,11H2,1-2H3,(H,12,13);3-7,12H,1-2H3,(H,11,13);5H,4H2,1-3H3,(H,8,10);4H,1-3H3,(H,7,9);4H,3H2,1-2H3,(H,7,8);4,7H,3H2,1-2H3,(H,6,8);4H,1-3H3;3H,5H2,1-2H3,(H2,6,7,8);3,8H,1-2H3,(H2,5,6,7);3-4,7H,1-2H3;3,7H,1-2H3,(H,5,6);3H,1-2H3,(H,5,6);4H,1-3H3;3-4H,1-2H3. The topological polar surface area (TPSA) is 548 Å². The number of aromatic hydroxyl groups is 1. The van der Waals surface area contributed by atoms with E-state index in [0.717, 1.165) is 17.7 Å². The summed E-state index contributed by atoms with van der Waals surface area (Å²) in [6, 6.07) is 13.6. The maximum atomic E-state index is 11.3. The Bertz CT molecular complexity index is 2680. The number of carboxylic acid groups (broad SMARTS) is 1. The molecule has 0 atom stereocenters. The smallest absolute Gasteiger partial charge is 0.338 e. The fourth-order valence-electron chi connectivity index (χ4n) is 4.57. The second kappa shape index (κ2) is 86.6. The molecule has 0 saturated carbocycles. The van der Waals surface area contributed by atoms with Gasteiger partial charge in [0.2, 0.25) is 47.6 Å². The highest BCUT2D eigenvalue weighted by molar-refractivity contribution is 9.09. The van der Waals surface area contributed by atoms with Crippen LogP contribution in [0.1, 0.15) is 215 Å². The molecule has 21 N–H and O–H groups in total. The number of hydrogen-bond acceptors (Lipinski definition) is 24. The number of aliphatic carboxylic acids is 1. The van der Waals surface area contributed by atoms with Gasteiger partial charge in [-0.25, -0.2) is 31.5 Å². The predicted molar refractivity (Wildman–Crippen MR) is 463 cm³/mol. The molecule has 0 bridgehead atoms. The first-order chi connectivity index (χ1) is 51.6. The predicted octanol–water partition coefficient (Wildman–Crippen LogP) is 10.4. The number of nitrogens with two attached hydrogens (primary N) is 2. The number of hydroxylamine groups is 4. The van der Waals surface area contributed by atoms with Crippen molar-refractivity contribution in [1.82, 2.24) is 53.3 Å². The number of para-hydroxylation sites is 4. The van der Waals surface area contributed by atoms with Gasteiger partial charge in [0.25, 0.3) is 5.91 Å². The van der Waals surface area contributed by atoms with Crippen molar-refractivity contribution in [3.63, 3.8) is 0 Å². The molecule has 0 aliphatic heterocycles. The Kier molecular flexibility index (Phi) is 101. The molecule has 38 heteroatoms. The summed E-state index contributed by atoms with van der Waals surface area (Å²) in [5.41, 5.74) is 12.3. The summed E-state index contributed by atoms with van der Waals surface area (Å²) >= 11 is 9.40. The number of nitrogen functional groups attached to an aromatic ring is 1. The molecular formula is C75H147BrN14O20S3. The number of benzene rings is 2. The number of carbonyl (C=O) groups excluding carboxylic acids is 13. The Hall–Kier alpha value is -7.85. The fourth-order valence-corrected chi connectivity index (χ4v) is 5.81. The number of urea groups is 2. The zero-order valence-electron chi connectivity index (χ0n) is 73.0. The van der Waals surface area contributed by atoms with Crippen molar-refractivity contribution < 1.29 is 98.1 Å². The summed E-state index contributed by atoms with van der Waals surface area (Å²) < 4.78 is 0. The summed E-state index contributed by atoms with van der Waals surface area (Å²) in [7, 11) is 1.45. The number of nitrogens with one attached hydrogen (secondary N) is 11. The molecule has 2 aromatic carbocycles. The van der Waals surface area contributed by atoms with Gasteiger partial charge in [-0.2, -0.15) is 12.6 Å². The van der Waals surface area contributed by atoms with E-state index in [4.69, 9.17) is 37.4 Å². The van der Waals surface area contributed by atoms with Crippen molar-refractivity contribution in [3.8, 4) is 5.75 Å². The number of rotatable bonds is 20. The van der Waals surface area contributed by atoms with Crippen LogP contribution in [0.5, 0.6) is 5.75 Å². The highest BCUT2D eigenvalue weighted by atomic mass is 79.9. The summed E-state index contributed by atoms with van der Waals surface area (Å²) in [6.45, 7) is 56.6. The van der Waals surface area contributed by atoms with E-state index in [1.54, 1.807) is 120 Å². The number of hydrazine groups is 1. The van der Waals surface area contributed by atoms with Crippen LogP contribution in [0, 0.1) is 35.5 Å². The van der Waals surface area contributed by atoms with Crippen LogP contribution in [0.25, 0.3) is 0 Å². The summed E-state index contributed by atoms with van der Waals surface area (Å²) in [5, 5.41) is 72.3. The lowest BCUT2D eigenvalue weighted by atomic mass is 10.1. The quantitative estimate of drug-likeness (QED) is 0.00559. The second-order valence-electron chi connectivity index (χ2n) is 27.4. The Balaban J connectivity index is -0.0000000983. The Morgan fingerprint density at radius 2 is 0.867 bits per heavy atom. The van der Waals surface area contributed by atoms with Crippen LogP contribution in [0.3, 0.4) is 0 Å². The zero-order chi connectivity index (χ0) is 92.2. The lowest BCUT2D eigenvalue weighted by Crippen LogP contribution is -2.42. The van der Waals surface area contributed by atoms with Gasteiger partial charge in [0, 0.05) is 80.0 Å². The van der Waals surface area contributed by atoms with Crippen LogP contribution in [0.4, 0.5) is 26.7 Å². The van der Waals surface area contributed by atoms with Crippen molar-refractivity contribution in [2.24, 2.45) is 41.4 Å². The van der Waals surface area contributed by atoms with Crippen LogP contribution in [0.2, 0.25) is 0 Å². The molecule has 12 amide bonds. The van der Waals surface area contributed by atoms with Gasteiger partial charge in [0.15, 0.2) is 10.2 Å². The lowest BCUT2D eigenvalue weighted by molar-refractivity contribution is -0.156. The number of aliphatic hydroxyl groups is 1. The highest BCUT2D eigenvalue weighted by Crippen LogP contribution is 2.22. The number of phenols is 1. The van der Waals surface area contributed by atoms with Gasteiger partial charge >= 0.3 is 18.0 Å². The number of carbonyl (C=O) groups is 14. The number of alkyl halides is 1. The molecule has 0 aromatic heterocycles. The first kappa shape index (κ1) is 131. The number of hydrogen-bond donors (Lipinski definition) is 20. The molecule has 0 radical (unpaired) electrons. The normalized spacial score (nSPS) is 9.50. The molecule has 2 rings (SSSR count). The van der Waals surface area contributed by atoms with E-state index in [1.807, 2.05) is 114 Å². The lowest BCUT2D eigenvalue weighted by Gasteiger charge is -2.10. The fraction of sp³-hybridized carbons (Fsp3) is 0.653. The molecule has 113 heavy (non-hydrogen) atoms. The van der Waals surface area contributed by atoms with E-state index in [1.165, 1.54) is 42.8 Å². The largest absolute Gasteiger partial charge is 0.506 e. The van der Waals surface area contributed by atoms with Crippen molar-refractivity contribution in [1.29, 1.82) is 0 Å². The van der Waals surface area contributed by atoms with Crippen molar-refractivity contribution in [2.75, 3.05) is 41.1 Å². The van der Waals surface area contributed by atoms with E-state index >= 15 is 0 Å². The molecular weight excluding hydrogens is 1590 g/mol. The number of phenolic OH excluding ortho intramolecular Hbond substituents is 1. The van der Waals surface area contributed by atoms with E-state index in [2.05, 4.69) is 91.9 Å². The number of ketones is 1. The average molecular weight is 1740 g/mol. The summed E-state index contributed by atoms with van der Waals surface area (Å²) in [6.07, 6.45) is 0.380. The molecule has 0 unspecified atom stereocenters. The molecule has 0 saturated heterocycles. The van der Waals surface area contributed by atoms with Crippen LogP contribution >= 0.6 is 52.1 Å². The molecule has 0 aliphatic rings. The highest BCUT2D eigenvalue weighted by Gasteiger charge is 2.15. The Morgan fingerprint density at radius 1 is 0.522 bits per heavy atom. The number of halogens is 1. The number of thioether (sulfide) groups is 2. The summed E-state index contributed by atoms with van der Waals surface area (Å²) in [4.78, 5) is 146. The van der Waals surface area contributed by atoms with E-state index < -0.39 is 24.5 Å². The van der Waals surface area contributed by atoms with Gasteiger partial charge in [0.05, 0.1) is 40.1 Å². The number of nitrogens with zero attached hydrogens (tertiary/aromatic N) is 1. The van der Waals surface area contributed by atoms with Gasteiger partial charge < -0.3 is 63.6 Å². The maximum Gasteiger partial charge on any atom is 0.338 e. The number of Topliss-reactive ketones (excluding diaryl/α,β-unsaturated/α-hetero) is 1. The van der Waals surface area contributed by atoms with E-state index in [9.17, 15) is 72.2 Å². The first-order valence-electron chi connectivity index (χ1n) is 36.2. The number of amides is 12. The van der Waals surface area contributed by atoms with Gasteiger partial charge in [-0.15, -0.1) is 0 Å². The monoisotopic (exact) mass is 1740 g/mol. The molecule has 0 fully saturated rings.